The van der Waals surface area contributed by atoms with E-state index in [1.807, 2.05) is 30.3 Å². The van der Waals surface area contributed by atoms with Crippen molar-refractivity contribution in [3.8, 4) is 0 Å². The fraction of sp³-hybridized carbons (Fsp3) is 0.600. The molecule has 0 bridgehead atoms. The molecule has 136 valence electrons. The minimum Gasteiger partial charge on any atom is -0.355 e. The fourth-order valence-corrected chi connectivity index (χ4v) is 3.88. The van der Waals surface area contributed by atoms with Gasteiger partial charge < -0.3 is 15.1 Å². The first-order valence-electron chi connectivity index (χ1n) is 9.43. The lowest BCUT2D eigenvalue weighted by atomic mass is 10.0. The van der Waals surface area contributed by atoms with E-state index in [0.717, 1.165) is 31.1 Å². The topological polar surface area (TPSA) is 52.7 Å². The van der Waals surface area contributed by atoms with Crippen molar-refractivity contribution in [1.29, 1.82) is 0 Å². The number of hydrogen-bond donors (Lipinski definition) is 1. The summed E-state index contributed by atoms with van der Waals surface area (Å²) in [6.45, 7) is 7.25. The maximum atomic E-state index is 12.4. The molecule has 1 N–H and O–H groups in total. The van der Waals surface area contributed by atoms with Gasteiger partial charge in [0.25, 0.3) is 0 Å². The third-order valence-corrected chi connectivity index (χ3v) is 5.27. The zero-order valence-electron chi connectivity index (χ0n) is 15.1. The Morgan fingerprint density at radius 3 is 2.80 bits per heavy atom. The Balaban J connectivity index is 1.41. The summed E-state index contributed by atoms with van der Waals surface area (Å²) in [5, 5.41) is 3.03. The molecule has 5 nitrogen and oxygen atoms in total. The first-order valence-corrected chi connectivity index (χ1v) is 9.43. The SMILES string of the molecule is C[C@@H]1CCCN(CCNC(=O)[C@@H]2CC(=O)N(Cc3ccccc3)C2)C1. The molecule has 2 atom stereocenters. The van der Waals surface area contributed by atoms with Crippen LogP contribution in [0.3, 0.4) is 0 Å². The Hall–Kier alpha value is -1.88. The normalized spacial score (nSPS) is 24.5. The molecule has 0 saturated carbocycles. The monoisotopic (exact) mass is 343 g/mol. The Morgan fingerprint density at radius 2 is 2.04 bits per heavy atom. The van der Waals surface area contributed by atoms with Crippen LogP contribution in [-0.2, 0) is 16.1 Å². The van der Waals surface area contributed by atoms with Crippen LogP contribution >= 0.6 is 0 Å². The second-order valence-corrected chi connectivity index (χ2v) is 7.50. The lowest BCUT2D eigenvalue weighted by Crippen LogP contribution is -2.41. The highest BCUT2D eigenvalue weighted by Gasteiger charge is 2.34. The van der Waals surface area contributed by atoms with Gasteiger partial charge in [-0.05, 0) is 30.9 Å². The van der Waals surface area contributed by atoms with Gasteiger partial charge in [0.1, 0.15) is 0 Å². The van der Waals surface area contributed by atoms with Crippen molar-refractivity contribution in [2.45, 2.75) is 32.7 Å². The van der Waals surface area contributed by atoms with Gasteiger partial charge in [0, 0.05) is 39.1 Å². The minimum atomic E-state index is -0.212. The van der Waals surface area contributed by atoms with E-state index in [1.165, 1.54) is 12.8 Å². The summed E-state index contributed by atoms with van der Waals surface area (Å²) in [5.41, 5.74) is 1.11. The van der Waals surface area contributed by atoms with Gasteiger partial charge in [-0.15, -0.1) is 0 Å². The molecule has 3 rings (SSSR count). The molecule has 5 heteroatoms. The van der Waals surface area contributed by atoms with Gasteiger partial charge in [0.2, 0.25) is 11.8 Å². The molecular weight excluding hydrogens is 314 g/mol. The van der Waals surface area contributed by atoms with Gasteiger partial charge in [-0.1, -0.05) is 37.3 Å². The summed E-state index contributed by atoms with van der Waals surface area (Å²) in [6.07, 6.45) is 2.89. The lowest BCUT2D eigenvalue weighted by Gasteiger charge is -2.30. The van der Waals surface area contributed by atoms with E-state index in [-0.39, 0.29) is 17.7 Å². The van der Waals surface area contributed by atoms with E-state index in [0.29, 0.717) is 26.1 Å². The Bertz CT molecular complexity index is 590. The predicted molar refractivity (Wildman–Crippen MR) is 97.8 cm³/mol. The minimum absolute atomic E-state index is 0.0222. The molecular formula is C20H29N3O2. The maximum Gasteiger partial charge on any atom is 0.225 e. The third kappa shape index (κ3) is 5.05. The van der Waals surface area contributed by atoms with Crippen molar-refractivity contribution in [3.63, 3.8) is 0 Å². The quantitative estimate of drug-likeness (QED) is 0.858. The molecule has 1 aromatic carbocycles. The summed E-state index contributed by atoms with van der Waals surface area (Å²) in [4.78, 5) is 28.8. The number of carbonyl (C=O) groups is 2. The Morgan fingerprint density at radius 1 is 1.24 bits per heavy atom. The molecule has 0 unspecified atom stereocenters. The first kappa shape index (κ1) is 17.9. The lowest BCUT2D eigenvalue weighted by molar-refractivity contribution is -0.129. The summed E-state index contributed by atoms with van der Waals surface area (Å²) >= 11 is 0. The van der Waals surface area contributed by atoms with E-state index in [2.05, 4.69) is 17.1 Å². The summed E-state index contributed by atoms with van der Waals surface area (Å²) < 4.78 is 0. The van der Waals surface area contributed by atoms with Crippen molar-refractivity contribution in [2.24, 2.45) is 11.8 Å². The molecule has 25 heavy (non-hydrogen) atoms. The van der Waals surface area contributed by atoms with Crippen LogP contribution in [0.15, 0.2) is 30.3 Å². The van der Waals surface area contributed by atoms with Gasteiger partial charge in [-0.2, -0.15) is 0 Å². The number of hydrogen-bond acceptors (Lipinski definition) is 3. The zero-order valence-corrected chi connectivity index (χ0v) is 15.1. The average molecular weight is 343 g/mol. The number of nitrogens with zero attached hydrogens (tertiary/aromatic N) is 2. The molecule has 2 aliphatic rings. The van der Waals surface area contributed by atoms with Crippen LogP contribution < -0.4 is 5.32 Å². The molecule has 2 amide bonds. The Labute approximate surface area is 150 Å². The maximum absolute atomic E-state index is 12.4. The molecule has 2 fully saturated rings. The third-order valence-electron chi connectivity index (χ3n) is 5.27. The van der Waals surface area contributed by atoms with Crippen LogP contribution in [0.1, 0.15) is 31.7 Å². The van der Waals surface area contributed by atoms with Crippen molar-refractivity contribution in [1.82, 2.24) is 15.1 Å². The highest BCUT2D eigenvalue weighted by atomic mass is 16.2. The number of piperidine rings is 1. The molecule has 2 aliphatic heterocycles. The van der Waals surface area contributed by atoms with Crippen LogP contribution in [-0.4, -0.2) is 54.3 Å². The number of rotatable bonds is 6. The number of likely N-dealkylation sites (tertiary alicyclic amines) is 2. The van der Waals surface area contributed by atoms with Crippen LogP contribution in [0, 0.1) is 11.8 Å². The molecule has 0 aromatic heterocycles. The summed E-state index contributed by atoms with van der Waals surface area (Å²) in [5.74, 6) is 0.641. The van der Waals surface area contributed by atoms with Crippen LogP contribution in [0.25, 0.3) is 0 Å². The second-order valence-electron chi connectivity index (χ2n) is 7.50. The average Bonchev–Trinajstić information content (AvgIpc) is 2.97. The van der Waals surface area contributed by atoms with Gasteiger partial charge in [0.05, 0.1) is 5.92 Å². The number of benzene rings is 1. The molecule has 1 aromatic rings. The van der Waals surface area contributed by atoms with E-state index in [1.54, 1.807) is 4.90 Å². The molecule has 0 spiro atoms. The van der Waals surface area contributed by atoms with Crippen molar-refractivity contribution >= 4 is 11.8 Å². The van der Waals surface area contributed by atoms with E-state index >= 15 is 0 Å². The van der Waals surface area contributed by atoms with Crippen LogP contribution in [0.5, 0.6) is 0 Å². The smallest absolute Gasteiger partial charge is 0.225 e. The largest absolute Gasteiger partial charge is 0.355 e. The van der Waals surface area contributed by atoms with Crippen molar-refractivity contribution < 1.29 is 9.59 Å². The second kappa shape index (κ2) is 8.48. The van der Waals surface area contributed by atoms with E-state index in [4.69, 9.17) is 0 Å². The highest BCUT2D eigenvalue weighted by Crippen LogP contribution is 2.20. The van der Waals surface area contributed by atoms with Gasteiger partial charge in [-0.25, -0.2) is 0 Å². The molecule has 2 heterocycles. The summed E-state index contributed by atoms with van der Waals surface area (Å²) in [7, 11) is 0. The number of amides is 2. The molecule has 0 radical (unpaired) electrons. The van der Waals surface area contributed by atoms with Crippen molar-refractivity contribution in [3.05, 3.63) is 35.9 Å². The Kier molecular flexibility index (Phi) is 6.08. The first-order chi connectivity index (χ1) is 12.1. The number of nitrogens with one attached hydrogen (secondary N) is 1. The van der Waals surface area contributed by atoms with Crippen LogP contribution in [0.4, 0.5) is 0 Å². The van der Waals surface area contributed by atoms with Crippen molar-refractivity contribution in [2.75, 3.05) is 32.7 Å². The molecule has 2 saturated heterocycles. The van der Waals surface area contributed by atoms with Crippen LogP contribution in [0.2, 0.25) is 0 Å². The highest BCUT2D eigenvalue weighted by molar-refractivity contribution is 5.89. The van der Waals surface area contributed by atoms with Gasteiger partial charge in [-0.3, -0.25) is 9.59 Å². The summed E-state index contributed by atoms with van der Waals surface area (Å²) in [6, 6.07) is 9.94. The molecule has 0 aliphatic carbocycles. The zero-order chi connectivity index (χ0) is 17.6. The fourth-order valence-electron chi connectivity index (χ4n) is 3.88. The van der Waals surface area contributed by atoms with E-state index < -0.39 is 0 Å². The number of carbonyl (C=O) groups excluding carboxylic acids is 2. The van der Waals surface area contributed by atoms with Gasteiger partial charge >= 0.3 is 0 Å². The predicted octanol–water partition coefficient (Wildman–Crippen LogP) is 1.88. The van der Waals surface area contributed by atoms with Gasteiger partial charge in [0.15, 0.2) is 0 Å². The van der Waals surface area contributed by atoms with E-state index in [9.17, 15) is 9.59 Å². The standard InChI is InChI=1S/C20H29N3O2/c1-16-6-5-10-22(13-16)11-9-21-20(25)18-12-19(24)23(15-18)14-17-7-3-2-4-8-17/h2-4,7-8,16,18H,5-6,9-15H2,1H3,(H,21,25)/t16-,18-/m1/s1.